The van der Waals surface area contributed by atoms with Crippen LogP contribution < -0.4 is 0 Å². The standard InChI is InChI=1S/C19H27NO3/c1-22-11-10-17-12-19(23-13-17)14-20(15-19)18(21)9-5-8-16-6-3-2-4-7-16/h2-4,6-7,17H,5,8-15H2,1H3. The van der Waals surface area contributed by atoms with E-state index >= 15 is 0 Å². The fraction of sp³-hybridized carbons (Fsp3) is 0.632. The molecule has 1 atom stereocenters. The van der Waals surface area contributed by atoms with E-state index in [1.165, 1.54) is 5.56 Å². The maximum atomic E-state index is 12.3. The van der Waals surface area contributed by atoms with Gasteiger partial charge in [-0.1, -0.05) is 30.3 Å². The Balaban J connectivity index is 1.35. The molecule has 4 nitrogen and oxygen atoms in total. The Bertz CT molecular complexity index is 511. The Labute approximate surface area is 138 Å². The third-order valence-electron chi connectivity index (χ3n) is 5.03. The van der Waals surface area contributed by atoms with E-state index in [1.807, 2.05) is 23.1 Å². The first kappa shape index (κ1) is 16.5. The molecule has 1 aromatic rings. The van der Waals surface area contributed by atoms with E-state index in [1.54, 1.807) is 7.11 Å². The van der Waals surface area contributed by atoms with Crippen LogP contribution in [0.5, 0.6) is 0 Å². The molecule has 23 heavy (non-hydrogen) atoms. The van der Waals surface area contributed by atoms with Crippen molar-refractivity contribution in [2.24, 2.45) is 5.92 Å². The largest absolute Gasteiger partial charge is 0.385 e. The van der Waals surface area contributed by atoms with Crippen LogP contribution in [0.15, 0.2) is 30.3 Å². The molecule has 0 N–H and O–H groups in total. The maximum Gasteiger partial charge on any atom is 0.222 e. The summed E-state index contributed by atoms with van der Waals surface area (Å²) >= 11 is 0. The molecule has 3 rings (SSSR count). The fourth-order valence-corrected chi connectivity index (χ4v) is 3.70. The van der Waals surface area contributed by atoms with Crippen molar-refractivity contribution in [2.45, 2.75) is 37.7 Å². The highest BCUT2D eigenvalue weighted by molar-refractivity contribution is 5.77. The summed E-state index contributed by atoms with van der Waals surface area (Å²) in [6.45, 7) is 3.17. The summed E-state index contributed by atoms with van der Waals surface area (Å²) in [7, 11) is 1.74. The summed E-state index contributed by atoms with van der Waals surface area (Å²) < 4.78 is 11.1. The SMILES string of the molecule is COCCC1COC2(C1)CN(C(=O)CCCc1ccccc1)C2. The van der Waals surface area contributed by atoms with Crippen LogP contribution in [-0.2, 0) is 20.7 Å². The third kappa shape index (κ3) is 4.12. The monoisotopic (exact) mass is 317 g/mol. The van der Waals surface area contributed by atoms with Crippen LogP contribution in [-0.4, -0.2) is 49.8 Å². The molecule has 2 saturated heterocycles. The van der Waals surface area contributed by atoms with E-state index in [9.17, 15) is 4.79 Å². The second-order valence-corrected chi connectivity index (χ2v) is 6.93. The Kier molecular flexibility index (Phi) is 5.34. The third-order valence-corrected chi connectivity index (χ3v) is 5.03. The molecule has 2 aliphatic rings. The molecule has 1 spiro atoms. The molecular formula is C19H27NO3. The van der Waals surface area contributed by atoms with Crippen molar-refractivity contribution in [3.05, 3.63) is 35.9 Å². The Hall–Kier alpha value is -1.39. The van der Waals surface area contributed by atoms with Gasteiger partial charge < -0.3 is 14.4 Å². The average molecular weight is 317 g/mol. The Morgan fingerprint density at radius 3 is 2.87 bits per heavy atom. The number of amides is 1. The lowest BCUT2D eigenvalue weighted by Gasteiger charge is -2.47. The second kappa shape index (κ2) is 7.45. The molecule has 2 aliphatic heterocycles. The second-order valence-electron chi connectivity index (χ2n) is 6.93. The number of methoxy groups -OCH3 is 1. The van der Waals surface area contributed by atoms with Crippen molar-refractivity contribution in [2.75, 3.05) is 33.4 Å². The number of hydrogen-bond acceptors (Lipinski definition) is 3. The number of hydrogen-bond donors (Lipinski definition) is 0. The first-order valence-electron chi connectivity index (χ1n) is 8.65. The lowest BCUT2D eigenvalue weighted by atomic mass is 9.86. The van der Waals surface area contributed by atoms with Gasteiger partial charge in [-0.25, -0.2) is 0 Å². The zero-order valence-corrected chi connectivity index (χ0v) is 14.0. The van der Waals surface area contributed by atoms with Crippen LogP contribution in [0.1, 0.15) is 31.2 Å². The van der Waals surface area contributed by atoms with Gasteiger partial charge in [-0.05, 0) is 37.2 Å². The van der Waals surface area contributed by atoms with Crippen molar-refractivity contribution in [3.63, 3.8) is 0 Å². The van der Waals surface area contributed by atoms with Crippen LogP contribution in [0.2, 0.25) is 0 Å². The van der Waals surface area contributed by atoms with Crippen molar-refractivity contribution < 1.29 is 14.3 Å². The van der Waals surface area contributed by atoms with E-state index < -0.39 is 0 Å². The van der Waals surface area contributed by atoms with E-state index in [0.29, 0.717) is 12.3 Å². The molecule has 4 heteroatoms. The van der Waals surface area contributed by atoms with E-state index in [0.717, 1.165) is 52.0 Å². The highest BCUT2D eigenvalue weighted by Crippen LogP contribution is 2.39. The topological polar surface area (TPSA) is 38.8 Å². The van der Waals surface area contributed by atoms with E-state index in [2.05, 4.69) is 12.1 Å². The first-order chi connectivity index (χ1) is 11.2. The van der Waals surface area contributed by atoms with Gasteiger partial charge in [0.1, 0.15) is 5.60 Å². The number of nitrogens with zero attached hydrogens (tertiary/aromatic N) is 1. The molecule has 0 radical (unpaired) electrons. The van der Waals surface area contributed by atoms with Gasteiger partial charge in [0.15, 0.2) is 0 Å². The highest BCUT2D eigenvalue weighted by Gasteiger charge is 2.50. The maximum absolute atomic E-state index is 12.3. The van der Waals surface area contributed by atoms with Gasteiger partial charge in [-0.15, -0.1) is 0 Å². The molecule has 0 bridgehead atoms. The number of rotatable bonds is 7. The predicted molar refractivity (Wildman–Crippen MR) is 89.2 cm³/mol. The number of aryl methyl sites for hydroxylation is 1. The van der Waals surface area contributed by atoms with E-state index in [-0.39, 0.29) is 11.5 Å². The molecule has 0 saturated carbocycles. The minimum atomic E-state index is -0.0481. The van der Waals surface area contributed by atoms with Gasteiger partial charge in [0.05, 0.1) is 19.7 Å². The summed E-state index contributed by atoms with van der Waals surface area (Å²) in [6.07, 6.45) is 4.66. The Morgan fingerprint density at radius 1 is 1.35 bits per heavy atom. The summed E-state index contributed by atoms with van der Waals surface area (Å²) in [5, 5.41) is 0. The van der Waals surface area contributed by atoms with Crippen molar-refractivity contribution in [3.8, 4) is 0 Å². The van der Waals surface area contributed by atoms with Crippen molar-refractivity contribution >= 4 is 5.91 Å². The van der Waals surface area contributed by atoms with Crippen LogP contribution in [0, 0.1) is 5.92 Å². The molecule has 1 amide bonds. The van der Waals surface area contributed by atoms with Crippen LogP contribution in [0.4, 0.5) is 0 Å². The van der Waals surface area contributed by atoms with Gasteiger partial charge in [-0.2, -0.15) is 0 Å². The van der Waals surface area contributed by atoms with Crippen molar-refractivity contribution in [1.29, 1.82) is 0 Å². The van der Waals surface area contributed by atoms with Crippen LogP contribution >= 0.6 is 0 Å². The lowest BCUT2D eigenvalue weighted by Crippen LogP contribution is -2.63. The Morgan fingerprint density at radius 2 is 2.13 bits per heavy atom. The normalized spacial score (nSPS) is 22.3. The summed E-state index contributed by atoms with van der Waals surface area (Å²) in [6, 6.07) is 10.4. The predicted octanol–water partition coefficient (Wildman–Crippen LogP) is 2.66. The van der Waals surface area contributed by atoms with Crippen molar-refractivity contribution in [1.82, 2.24) is 4.90 Å². The number of carbonyl (C=O) groups excluding carboxylic acids is 1. The zero-order chi connectivity index (χ0) is 16.1. The van der Waals surface area contributed by atoms with Crippen LogP contribution in [0.25, 0.3) is 0 Å². The van der Waals surface area contributed by atoms with Gasteiger partial charge in [0.2, 0.25) is 5.91 Å². The molecule has 0 aromatic heterocycles. The lowest BCUT2D eigenvalue weighted by molar-refractivity contribution is -0.157. The summed E-state index contributed by atoms with van der Waals surface area (Å²) in [4.78, 5) is 14.2. The first-order valence-corrected chi connectivity index (χ1v) is 8.65. The summed E-state index contributed by atoms with van der Waals surface area (Å²) in [5.41, 5.74) is 1.26. The fourth-order valence-electron chi connectivity index (χ4n) is 3.70. The number of ether oxygens (including phenoxy) is 2. The molecule has 1 aromatic carbocycles. The van der Waals surface area contributed by atoms with Gasteiger partial charge in [0, 0.05) is 20.1 Å². The minimum Gasteiger partial charge on any atom is -0.385 e. The number of carbonyl (C=O) groups is 1. The molecule has 0 aliphatic carbocycles. The smallest absolute Gasteiger partial charge is 0.222 e. The molecule has 1 unspecified atom stereocenters. The minimum absolute atomic E-state index is 0.0481. The quantitative estimate of drug-likeness (QED) is 0.776. The number of likely N-dealkylation sites (tertiary alicyclic amines) is 1. The summed E-state index contributed by atoms with van der Waals surface area (Å²) in [5.74, 6) is 0.862. The molecule has 2 fully saturated rings. The van der Waals surface area contributed by atoms with Gasteiger partial charge in [-0.3, -0.25) is 4.79 Å². The molecule has 2 heterocycles. The number of benzene rings is 1. The molecular weight excluding hydrogens is 290 g/mol. The molecule has 126 valence electrons. The van der Waals surface area contributed by atoms with Gasteiger partial charge in [0.25, 0.3) is 0 Å². The zero-order valence-electron chi connectivity index (χ0n) is 14.0. The highest BCUT2D eigenvalue weighted by atomic mass is 16.5. The average Bonchev–Trinajstić information content (AvgIpc) is 2.97. The van der Waals surface area contributed by atoms with E-state index in [4.69, 9.17) is 9.47 Å². The van der Waals surface area contributed by atoms with Crippen LogP contribution in [0.3, 0.4) is 0 Å². The van der Waals surface area contributed by atoms with Gasteiger partial charge >= 0.3 is 0 Å².